The molecule has 0 bridgehead atoms. The standard InChI is InChI=1S/C15H23N3O3/c1-19-7-6-18-5-4-11-8-12(20-13(11)9-18)15-17-16-14(21-15)10-2-3-10/h10-13H,2-9H2,1H3/t11-,12+,13+/m0/s1. The Hall–Kier alpha value is -0.980. The van der Waals surface area contributed by atoms with Crippen molar-refractivity contribution < 1.29 is 13.9 Å². The van der Waals surface area contributed by atoms with Crippen LogP contribution in [-0.2, 0) is 9.47 Å². The van der Waals surface area contributed by atoms with Crippen molar-refractivity contribution in [2.24, 2.45) is 5.92 Å². The molecular weight excluding hydrogens is 270 g/mol. The Labute approximate surface area is 124 Å². The number of aromatic nitrogens is 2. The van der Waals surface area contributed by atoms with Crippen LogP contribution in [0.5, 0.6) is 0 Å². The van der Waals surface area contributed by atoms with Gasteiger partial charge in [-0.25, -0.2) is 0 Å². The molecule has 0 unspecified atom stereocenters. The van der Waals surface area contributed by atoms with Crippen LogP contribution in [0, 0.1) is 5.92 Å². The highest BCUT2D eigenvalue weighted by atomic mass is 16.5. The number of rotatable bonds is 5. The first kappa shape index (κ1) is 13.7. The van der Waals surface area contributed by atoms with Gasteiger partial charge in [0.15, 0.2) is 0 Å². The summed E-state index contributed by atoms with van der Waals surface area (Å²) in [5, 5.41) is 8.38. The lowest BCUT2D eigenvalue weighted by molar-refractivity contribution is -0.0199. The van der Waals surface area contributed by atoms with E-state index in [1.54, 1.807) is 7.11 Å². The first-order chi connectivity index (χ1) is 10.3. The van der Waals surface area contributed by atoms with Gasteiger partial charge >= 0.3 is 0 Å². The number of fused-ring (bicyclic) bond motifs is 1. The van der Waals surface area contributed by atoms with Crippen molar-refractivity contribution in [3.05, 3.63) is 11.8 Å². The second-order valence-corrected chi connectivity index (χ2v) is 6.49. The van der Waals surface area contributed by atoms with E-state index in [2.05, 4.69) is 15.1 Å². The van der Waals surface area contributed by atoms with Crippen LogP contribution >= 0.6 is 0 Å². The first-order valence-corrected chi connectivity index (χ1v) is 8.03. The Bertz CT molecular complexity index is 488. The number of hydrogen-bond acceptors (Lipinski definition) is 6. The minimum atomic E-state index is 0.00220. The van der Waals surface area contributed by atoms with Gasteiger partial charge < -0.3 is 13.9 Å². The van der Waals surface area contributed by atoms with Gasteiger partial charge in [0, 0.05) is 26.1 Å². The number of ether oxygens (including phenoxy) is 2. The third-order valence-corrected chi connectivity index (χ3v) is 4.91. The minimum absolute atomic E-state index is 0.00220. The van der Waals surface area contributed by atoms with Gasteiger partial charge in [0.2, 0.25) is 11.8 Å². The second kappa shape index (κ2) is 5.66. The fourth-order valence-corrected chi connectivity index (χ4v) is 3.45. The highest BCUT2D eigenvalue weighted by molar-refractivity contribution is 5.02. The zero-order valence-electron chi connectivity index (χ0n) is 12.5. The van der Waals surface area contributed by atoms with Crippen molar-refractivity contribution in [2.45, 2.75) is 43.8 Å². The smallest absolute Gasteiger partial charge is 0.245 e. The van der Waals surface area contributed by atoms with Gasteiger partial charge in [0.1, 0.15) is 6.10 Å². The molecule has 0 aromatic carbocycles. The Balaban J connectivity index is 1.37. The van der Waals surface area contributed by atoms with Gasteiger partial charge in [-0.15, -0.1) is 10.2 Å². The predicted molar refractivity (Wildman–Crippen MR) is 74.9 cm³/mol. The normalized spacial score (nSPS) is 33.3. The van der Waals surface area contributed by atoms with Gasteiger partial charge in [-0.1, -0.05) is 0 Å². The largest absolute Gasteiger partial charge is 0.422 e. The van der Waals surface area contributed by atoms with Crippen LogP contribution in [-0.4, -0.2) is 54.6 Å². The maximum atomic E-state index is 6.20. The molecule has 3 aliphatic rings. The van der Waals surface area contributed by atoms with Crippen LogP contribution in [0.15, 0.2) is 4.42 Å². The Morgan fingerprint density at radius 3 is 2.90 bits per heavy atom. The molecular formula is C15H23N3O3. The summed E-state index contributed by atoms with van der Waals surface area (Å²) < 4.78 is 17.2. The van der Waals surface area contributed by atoms with Crippen molar-refractivity contribution in [1.29, 1.82) is 0 Å². The average Bonchev–Trinajstić information content (AvgIpc) is 3.09. The maximum absolute atomic E-state index is 6.20. The summed E-state index contributed by atoms with van der Waals surface area (Å²) in [4.78, 5) is 2.43. The molecule has 3 atom stereocenters. The molecule has 6 nitrogen and oxygen atoms in total. The molecule has 0 spiro atoms. The van der Waals surface area contributed by atoms with Crippen molar-refractivity contribution in [2.75, 3.05) is 33.4 Å². The zero-order valence-corrected chi connectivity index (χ0v) is 12.5. The van der Waals surface area contributed by atoms with E-state index >= 15 is 0 Å². The summed E-state index contributed by atoms with van der Waals surface area (Å²) >= 11 is 0. The van der Waals surface area contributed by atoms with Crippen molar-refractivity contribution in [3.63, 3.8) is 0 Å². The molecule has 21 heavy (non-hydrogen) atoms. The predicted octanol–water partition coefficient (Wildman–Crippen LogP) is 1.75. The van der Waals surface area contributed by atoms with Crippen LogP contribution in [0.25, 0.3) is 0 Å². The third kappa shape index (κ3) is 2.84. The third-order valence-electron chi connectivity index (χ3n) is 4.91. The van der Waals surface area contributed by atoms with E-state index in [0.29, 0.717) is 23.8 Å². The van der Waals surface area contributed by atoms with Gasteiger partial charge in [0.05, 0.1) is 12.7 Å². The lowest BCUT2D eigenvalue weighted by Gasteiger charge is -2.33. The highest BCUT2D eigenvalue weighted by Gasteiger charge is 2.42. The first-order valence-electron chi connectivity index (χ1n) is 8.03. The molecule has 3 fully saturated rings. The highest BCUT2D eigenvalue weighted by Crippen LogP contribution is 2.43. The van der Waals surface area contributed by atoms with E-state index in [-0.39, 0.29) is 6.10 Å². The van der Waals surface area contributed by atoms with Crippen molar-refractivity contribution >= 4 is 0 Å². The number of nitrogens with zero attached hydrogens (tertiary/aromatic N) is 3. The Morgan fingerprint density at radius 1 is 1.24 bits per heavy atom. The van der Waals surface area contributed by atoms with E-state index in [1.165, 1.54) is 19.3 Å². The lowest BCUT2D eigenvalue weighted by Crippen LogP contribution is -2.43. The van der Waals surface area contributed by atoms with Crippen LogP contribution in [0.3, 0.4) is 0 Å². The fourth-order valence-electron chi connectivity index (χ4n) is 3.45. The molecule has 1 aliphatic carbocycles. The van der Waals surface area contributed by atoms with Crippen molar-refractivity contribution in [3.8, 4) is 0 Å². The summed E-state index contributed by atoms with van der Waals surface area (Å²) in [6.45, 7) is 3.90. The molecule has 1 aromatic heterocycles. The molecule has 0 radical (unpaired) electrons. The molecule has 1 aromatic rings. The van der Waals surface area contributed by atoms with Crippen LogP contribution in [0.2, 0.25) is 0 Å². The van der Waals surface area contributed by atoms with Crippen LogP contribution in [0.1, 0.15) is 49.5 Å². The molecule has 0 amide bonds. The molecule has 4 rings (SSSR count). The summed E-state index contributed by atoms with van der Waals surface area (Å²) in [5.41, 5.74) is 0. The van der Waals surface area contributed by atoms with Gasteiger partial charge in [0.25, 0.3) is 0 Å². The number of likely N-dealkylation sites (tertiary alicyclic amines) is 1. The number of methoxy groups -OCH3 is 1. The summed E-state index contributed by atoms with van der Waals surface area (Å²) in [7, 11) is 1.75. The lowest BCUT2D eigenvalue weighted by atomic mass is 9.92. The SMILES string of the molecule is COCCN1CC[C@H]2C[C@H](c3nnc(C4CC4)o3)O[C@@H]2C1. The summed E-state index contributed by atoms with van der Waals surface area (Å²) in [6, 6.07) is 0. The molecule has 3 heterocycles. The van der Waals surface area contributed by atoms with Gasteiger partial charge in [-0.05, 0) is 38.1 Å². The average molecular weight is 293 g/mol. The molecule has 1 saturated carbocycles. The number of piperidine rings is 1. The second-order valence-electron chi connectivity index (χ2n) is 6.49. The van der Waals surface area contributed by atoms with Gasteiger partial charge in [-0.3, -0.25) is 4.90 Å². The maximum Gasteiger partial charge on any atom is 0.245 e. The molecule has 2 saturated heterocycles. The van der Waals surface area contributed by atoms with Gasteiger partial charge in [-0.2, -0.15) is 0 Å². The molecule has 116 valence electrons. The minimum Gasteiger partial charge on any atom is -0.422 e. The van der Waals surface area contributed by atoms with Crippen molar-refractivity contribution in [1.82, 2.24) is 15.1 Å². The topological polar surface area (TPSA) is 60.6 Å². The van der Waals surface area contributed by atoms with E-state index < -0.39 is 0 Å². The fraction of sp³-hybridized carbons (Fsp3) is 0.867. The van der Waals surface area contributed by atoms with E-state index in [4.69, 9.17) is 13.9 Å². The molecule has 6 heteroatoms. The van der Waals surface area contributed by atoms with Crippen LogP contribution < -0.4 is 0 Å². The van der Waals surface area contributed by atoms with Crippen LogP contribution in [0.4, 0.5) is 0 Å². The summed E-state index contributed by atoms with van der Waals surface area (Å²) in [5.74, 6) is 2.64. The Morgan fingerprint density at radius 2 is 2.10 bits per heavy atom. The molecule has 0 N–H and O–H groups in total. The van der Waals surface area contributed by atoms with E-state index in [0.717, 1.165) is 38.6 Å². The Kier molecular flexibility index (Phi) is 3.69. The summed E-state index contributed by atoms with van der Waals surface area (Å²) in [6.07, 6.45) is 4.89. The zero-order chi connectivity index (χ0) is 14.2. The van der Waals surface area contributed by atoms with E-state index in [1.807, 2.05) is 0 Å². The van der Waals surface area contributed by atoms with E-state index in [9.17, 15) is 0 Å². The monoisotopic (exact) mass is 293 g/mol. The molecule has 2 aliphatic heterocycles. The quantitative estimate of drug-likeness (QED) is 0.824. The number of hydrogen-bond donors (Lipinski definition) is 0.